The summed E-state index contributed by atoms with van der Waals surface area (Å²) >= 11 is 5.86. The summed E-state index contributed by atoms with van der Waals surface area (Å²) in [5.41, 5.74) is 1.75. The Morgan fingerprint density at radius 3 is 2.55 bits per heavy atom. The Morgan fingerprint density at radius 2 is 2.09 bits per heavy atom. The van der Waals surface area contributed by atoms with Gasteiger partial charge in [-0.1, -0.05) is 18.5 Å². The summed E-state index contributed by atoms with van der Waals surface area (Å²) in [6, 6.07) is 3.17. The van der Waals surface area contributed by atoms with E-state index in [1.165, 1.54) is 6.07 Å². The standard InChI is InChI=1S/C9H10ClO/c1-3-7-6(2)9(11)5-4-8(7)10/h4-5H,3H2,1-2H3. The van der Waals surface area contributed by atoms with Crippen LogP contribution in [0.3, 0.4) is 0 Å². The van der Waals surface area contributed by atoms with Crippen molar-refractivity contribution in [1.29, 1.82) is 0 Å². The number of hydrogen-bond donors (Lipinski definition) is 0. The van der Waals surface area contributed by atoms with Crippen LogP contribution < -0.4 is 0 Å². The van der Waals surface area contributed by atoms with Crippen molar-refractivity contribution in [2.45, 2.75) is 20.3 Å². The second-order valence-electron chi connectivity index (χ2n) is 2.50. The van der Waals surface area contributed by atoms with Crippen molar-refractivity contribution in [3.05, 3.63) is 28.3 Å². The van der Waals surface area contributed by atoms with Gasteiger partial charge in [0.1, 0.15) is 0 Å². The third-order valence-electron chi connectivity index (χ3n) is 1.85. The molecule has 0 bridgehead atoms. The molecule has 11 heavy (non-hydrogen) atoms. The van der Waals surface area contributed by atoms with Crippen molar-refractivity contribution in [1.82, 2.24) is 0 Å². The Morgan fingerprint density at radius 1 is 1.45 bits per heavy atom. The van der Waals surface area contributed by atoms with Crippen molar-refractivity contribution in [3.8, 4) is 5.75 Å². The van der Waals surface area contributed by atoms with Crippen molar-refractivity contribution in [2.24, 2.45) is 0 Å². The first-order valence-electron chi connectivity index (χ1n) is 3.61. The fourth-order valence-corrected chi connectivity index (χ4v) is 1.47. The average molecular weight is 170 g/mol. The SMILES string of the molecule is CCc1c(Cl)ccc([O])c1C. The normalized spacial score (nSPS) is 10.1. The molecule has 0 saturated heterocycles. The Balaban J connectivity index is 3.29. The highest BCUT2D eigenvalue weighted by Gasteiger charge is 2.06. The fourth-order valence-electron chi connectivity index (χ4n) is 1.14. The van der Waals surface area contributed by atoms with Crippen molar-refractivity contribution >= 4 is 11.6 Å². The van der Waals surface area contributed by atoms with Gasteiger partial charge in [-0.3, -0.25) is 5.11 Å². The third-order valence-corrected chi connectivity index (χ3v) is 2.20. The fraction of sp³-hybridized carbons (Fsp3) is 0.333. The number of halogens is 1. The van der Waals surface area contributed by atoms with E-state index >= 15 is 0 Å². The van der Waals surface area contributed by atoms with E-state index < -0.39 is 0 Å². The molecule has 59 valence electrons. The van der Waals surface area contributed by atoms with E-state index in [1.807, 2.05) is 13.8 Å². The molecule has 1 nitrogen and oxygen atoms in total. The Bertz CT molecular complexity index is 269. The van der Waals surface area contributed by atoms with Gasteiger partial charge in [0, 0.05) is 10.6 Å². The summed E-state index contributed by atoms with van der Waals surface area (Å²) in [6.07, 6.45) is 0.820. The van der Waals surface area contributed by atoms with Crippen LogP contribution in [0.25, 0.3) is 0 Å². The molecule has 0 N–H and O–H groups in total. The van der Waals surface area contributed by atoms with Crippen molar-refractivity contribution in [3.63, 3.8) is 0 Å². The Labute approximate surface area is 71.6 Å². The van der Waals surface area contributed by atoms with Crippen LogP contribution >= 0.6 is 11.6 Å². The van der Waals surface area contributed by atoms with Gasteiger partial charge in [-0.15, -0.1) is 0 Å². The maximum Gasteiger partial charge on any atom is 0.181 e. The van der Waals surface area contributed by atoms with Crippen molar-refractivity contribution in [2.75, 3.05) is 0 Å². The van der Waals surface area contributed by atoms with E-state index in [1.54, 1.807) is 6.07 Å². The molecule has 1 aromatic rings. The monoisotopic (exact) mass is 169 g/mol. The summed E-state index contributed by atoms with van der Waals surface area (Å²) in [4.78, 5) is 0. The highest BCUT2D eigenvalue weighted by molar-refractivity contribution is 6.31. The van der Waals surface area contributed by atoms with E-state index in [-0.39, 0.29) is 5.75 Å². The molecular weight excluding hydrogens is 160 g/mol. The Hall–Kier alpha value is -0.690. The molecule has 0 saturated carbocycles. The highest BCUT2D eigenvalue weighted by Crippen LogP contribution is 2.27. The minimum absolute atomic E-state index is 0.0752. The molecule has 1 rings (SSSR count). The summed E-state index contributed by atoms with van der Waals surface area (Å²) < 4.78 is 0. The van der Waals surface area contributed by atoms with Gasteiger partial charge in [0.05, 0.1) is 0 Å². The van der Waals surface area contributed by atoms with Crippen LogP contribution in [0.15, 0.2) is 12.1 Å². The summed E-state index contributed by atoms with van der Waals surface area (Å²) in [5.74, 6) is 0.0752. The van der Waals surface area contributed by atoms with Gasteiger partial charge < -0.3 is 0 Å². The minimum atomic E-state index is 0.0752. The van der Waals surface area contributed by atoms with Gasteiger partial charge in [0.2, 0.25) is 0 Å². The van der Waals surface area contributed by atoms with Gasteiger partial charge in [-0.2, -0.15) is 0 Å². The van der Waals surface area contributed by atoms with E-state index in [4.69, 9.17) is 11.6 Å². The molecule has 0 unspecified atom stereocenters. The molecule has 0 amide bonds. The third kappa shape index (κ3) is 1.48. The quantitative estimate of drug-likeness (QED) is 0.615. The molecule has 0 heterocycles. The van der Waals surface area contributed by atoms with Gasteiger partial charge in [0.15, 0.2) is 5.75 Å². The molecule has 0 fully saturated rings. The smallest absolute Gasteiger partial charge is 0.181 e. The first-order valence-corrected chi connectivity index (χ1v) is 3.99. The molecule has 0 spiro atoms. The van der Waals surface area contributed by atoms with Crippen LogP contribution in [0.5, 0.6) is 5.75 Å². The zero-order valence-electron chi connectivity index (χ0n) is 6.65. The molecular formula is C9H10ClO. The summed E-state index contributed by atoms with van der Waals surface area (Å²) in [6.45, 7) is 3.81. The van der Waals surface area contributed by atoms with E-state index in [9.17, 15) is 5.11 Å². The predicted molar refractivity (Wildman–Crippen MR) is 45.7 cm³/mol. The molecule has 0 aliphatic carbocycles. The lowest BCUT2D eigenvalue weighted by molar-refractivity contribution is 0.351. The molecule has 0 aliphatic heterocycles. The van der Waals surface area contributed by atoms with Gasteiger partial charge in [-0.05, 0) is 31.0 Å². The lowest BCUT2D eigenvalue weighted by Crippen LogP contribution is -1.87. The van der Waals surface area contributed by atoms with E-state index in [0.29, 0.717) is 5.02 Å². The molecule has 1 radical (unpaired) electrons. The molecule has 2 heteroatoms. The maximum absolute atomic E-state index is 11.1. The highest BCUT2D eigenvalue weighted by atomic mass is 35.5. The number of benzene rings is 1. The first-order chi connectivity index (χ1) is 5.16. The van der Waals surface area contributed by atoms with Gasteiger partial charge in [-0.25, -0.2) is 0 Å². The zero-order chi connectivity index (χ0) is 8.43. The average Bonchev–Trinajstić information content (AvgIpc) is 1.99. The van der Waals surface area contributed by atoms with Crippen LogP contribution in [0.1, 0.15) is 18.1 Å². The minimum Gasteiger partial charge on any atom is -0.290 e. The van der Waals surface area contributed by atoms with E-state index in [2.05, 4.69) is 0 Å². The summed E-state index contributed by atoms with van der Waals surface area (Å²) in [7, 11) is 0. The second kappa shape index (κ2) is 3.14. The number of rotatable bonds is 1. The van der Waals surface area contributed by atoms with Crippen LogP contribution in [0.2, 0.25) is 5.02 Å². The van der Waals surface area contributed by atoms with Crippen LogP contribution in [0.4, 0.5) is 0 Å². The topological polar surface area (TPSA) is 19.9 Å². The van der Waals surface area contributed by atoms with Crippen LogP contribution in [-0.2, 0) is 11.5 Å². The largest absolute Gasteiger partial charge is 0.290 e. The molecule has 0 atom stereocenters. The maximum atomic E-state index is 11.1. The lowest BCUT2D eigenvalue weighted by Gasteiger charge is -2.04. The van der Waals surface area contributed by atoms with Crippen LogP contribution in [0, 0.1) is 6.92 Å². The number of hydrogen-bond acceptors (Lipinski definition) is 0. The molecule has 0 aliphatic rings. The Kier molecular flexibility index (Phi) is 2.40. The molecule has 1 aromatic carbocycles. The molecule has 0 aromatic heterocycles. The first kappa shape index (κ1) is 8.41. The van der Waals surface area contributed by atoms with Gasteiger partial charge >= 0.3 is 0 Å². The van der Waals surface area contributed by atoms with Crippen LogP contribution in [-0.4, -0.2) is 0 Å². The van der Waals surface area contributed by atoms with E-state index in [0.717, 1.165) is 17.5 Å². The zero-order valence-corrected chi connectivity index (χ0v) is 7.40. The summed E-state index contributed by atoms with van der Waals surface area (Å²) in [5, 5.41) is 11.8. The lowest BCUT2D eigenvalue weighted by atomic mass is 10.1. The van der Waals surface area contributed by atoms with Crippen molar-refractivity contribution < 1.29 is 5.11 Å². The second-order valence-corrected chi connectivity index (χ2v) is 2.91. The van der Waals surface area contributed by atoms with Gasteiger partial charge in [0.25, 0.3) is 0 Å². The predicted octanol–water partition coefficient (Wildman–Crippen LogP) is 3.35.